The van der Waals surface area contributed by atoms with E-state index in [-0.39, 0.29) is 5.91 Å². The van der Waals surface area contributed by atoms with Crippen molar-refractivity contribution in [1.82, 2.24) is 20.6 Å². The van der Waals surface area contributed by atoms with Crippen LogP contribution in [0.3, 0.4) is 0 Å². The molecular formula is C16H17N5OS. The van der Waals surface area contributed by atoms with Gasteiger partial charge in [0.1, 0.15) is 5.92 Å². The second-order valence-electron chi connectivity index (χ2n) is 5.15. The normalized spacial score (nSPS) is 12.0. The Morgan fingerprint density at radius 2 is 2.13 bits per heavy atom. The highest BCUT2D eigenvalue weighted by atomic mass is 32.1. The Bertz CT molecular complexity index is 737. The first-order valence-electron chi connectivity index (χ1n) is 7.41. The number of thiophene rings is 1. The molecule has 0 saturated carbocycles. The van der Waals surface area contributed by atoms with E-state index in [2.05, 4.69) is 32.9 Å². The number of anilines is 1. The second-order valence-corrected chi connectivity index (χ2v) is 6.18. The van der Waals surface area contributed by atoms with Crippen LogP contribution in [0.5, 0.6) is 0 Å². The molecule has 0 radical (unpaired) electrons. The number of hydrogen-bond acceptors (Lipinski definition) is 5. The number of rotatable bonds is 6. The first-order valence-corrected chi connectivity index (χ1v) is 8.29. The van der Waals surface area contributed by atoms with Gasteiger partial charge in [-0.15, -0.1) is 21.5 Å². The molecule has 2 N–H and O–H groups in total. The molecule has 0 aliphatic heterocycles. The number of hydrogen-bond donors (Lipinski definition) is 2. The zero-order valence-electron chi connectivity index (χ0n) is 12.7. The summed E-state index contributed by atoms with van der Waals surface area (Å²) in [5.74, 6) is -0.205. The SMILES string of the molecule is CCc1ccc(NC(=O)C(Cc2cccs2)c2nn[nH]n2)cc1. The van der Waals surface area contributed by atoms with Gasteiger partial charge in [0.15, 0.2) is 5.82 Å². The van der Waals surface area contributed by atoms with Gasteiger partial charge in [-0.3, -0.25) is 4.79 Å². The van der Waals surface area contributed by atoms with Crippen LogP contribution in [0.2, 0.25) is 0 Å². The third-order valence-corrected chi connectivity index (χ3v) is 4.50. The molecule has 0 saturated heterocycles. The monoisotopic (exact) mass is 327 g/mol. The molecule has 0 aliphatic carbocycles. The average Bonchev–Trinajstić information content (AvgIpc) is 3.27. The fourth-order valence-electron chi connectivity index (χ4n) is 2.30. The van der Waals surface area contributed by atoms with E-state index in [4.69, 9.17) is 0 Å². The Kier molecular flexibility index (Phi) is 4.77. The number of carbonyl (C=O) groups is 1. The van der Waals surface area contributed by atoms with E-state index in [0.29, 0.717) is 12.2 Å². The maximum absolute atomic E-state index is 12.7. The molecule has 118 valence electrons. The van der Waals surface area contributed by atoms with Crippen molar-refractivity contribution in [2.75, 3.05) is 5.32 Å². The predicted molar refractivity (Wildman–Crippen MR) is 89.4 cm³/mol. The van der Waals surface area contributed by atoms with Crippen LogP contribution >= 0.6 is 11.3 Å². The fraction of sp³-hybridized carbons (Fsp3) is 0.250. The van der Waals surface area contributed by atoms with Crippen LogP contribution in [0.15, 0.2) is 41.8 Å². The highest BCUT2D eigenvalue weighted by Crippen LogP contribution is 2.22. The minimum atomic E-state index is -0.474. The van der Waals surface area contributed by atoms with E-state index in [9.17, 15) is 4.79 Å². The Labute approximate surface area is 137 Å². The highest BCUT2D eigenvalue weighted by molar-refractivity contribution is 7.09. The molecule has 3 aromatic rings. The number of aryl methyl sites for hydroxylation is 1. The average molecular weight is 327 g/mol. The quantitative estimate of drug-likeness (QED) is 0.729. The summed E-state index contributed by atoms with van der Waals surface area (Å²) in [6.45, 7) is 2.10. The number of carbonyl (C=O) groups excluding carboxylic acids is 1. The van der Waals surface area contributed by atoms with Crippen LogP contribution in [-0.2, 0) is 17.6 Å². The molecule has 2 heterocycles. The Morgan fingerprint density at radius 1 is 1.30 bits per heavy atom. The largest absolute Gasteiger partial charge is 0.325 e. The minimum absolute atomic E-state index is 0.135. The number of nitrogens with one attached hydrogen (secondary N) is 2. The molecule has 1 aromatic carbocycles. The number of H-pyrrole nitrogens is 1. The lowest BCUT2D eigenvalue weighted by molar-refractivity contribution is -0.117. The van der Waals surface area contributed by atoms with E-state index >= 15 is 0 Å². The molecule has 1 amide bonds. The van der Waals surface area contributed by atoms with E-state index in [0.717, 1.165) is 17.0 Å². The van der Waals surface area contributed by atoms with Crippen molar-refractivity contribution in [2.45, 2.75) is 25.7 Å². The van der Waals surface area contributed by atoms with E-state index < -0.39 is 5.92 Å². The van der Waals surface area contributed by atoms with Gasteiger partial charge in [0.05, 0.1) is 0 Å². The van der Waals surface area contributed by atoms with Gasteiger partial charge in [0, 0.05) is 17.0 Å². The number of amides is 1. The van der Waals surface area contributed by atoms with E-state index in [1.54, 1.807) is 11.3 Å². The van der Waals surface area contributed by atoms with Crippen LogP contribution in [0.4, 0.5) is 5.69 Å². The molecule has 7 heteroatoms. The molecule has 0 bridgehead atoms. The van der Waals surface area contributed by atoms with Crippen molar-refractivity contribution in [1.29, 1.82) is 0 Å². The van der Waals surface area contributed by atoms with Gasteiger partial charge in [-0.25, -0.2) is 0 Å². The maximum Gasteiger partial charge on any atom is 0.235 e. The Balaban J connectivity index is 1.76. The first kappa shape index (κ1) is 15.4. The van der Waals surface area contributed by atoms with Gasteiger partial charge in [-0.2, -0.15) is 5.21 Å². The van der Waals surface area contributed by atoms with Gasteiger partial charge in [0.2, 0.25) is 5.91 Å². The van der Waals surface area contributed by atoms with Crippen molar-refractivity contribution >= 4 is 22.9 Å². The minimum Gasteiger partial charge on any atom is -0.325 e. The van der Waals surface area contributed by atoms with Crippen molar-refractivity contribution in [3.8, 4) is 0 Å². The van der Waals surface area contributed by atoms with Crippen LogP contribution in [-0.4, -0.2) is 26.5 Å². The molecule has 1 atom stereocenters. The predicted octanol–water partition coefficient (Wildman–Crippen LogP) is 2.79. The van der Waals surface area contributed by atoms with Crippen molar-refractivity contribution in [2.24, 2.45) is 0 Å². The lowest BCUT2D eigenvalue weighted by Crippen LogP contribution is -2.24. The summed E-state index contributed by atoms with van der Waals surface area (Å²) in [6.07, 6.45) is 1.52. The molecule has 2 aromatic heterocycles. The summed E-state index contributed by atoms with van der Waals surface area (Å²) in [5, 5.41) is 18.9. The summed E-state index contributed by atoms with van der Waals surface area (Å²) in [5.41, 5.74) is 2.00. The number of aromatic nitrogens is 4. The van der Waals surface area contributed by atoms with Gasteiger partial charge < -0.3 is 5.32 Å². The van der Waals surface area contributed by atoms with Crippen molar-refractivity contribution < 1.29 is 4.79 Å². The van der Waals surface area contributed by atoms with E-state index in [1.807, 2.05) is 41.8 Å². The molecule has 0 fully saturated rings. The Hall–Kier alpha value is -2.54. The topological polar surface area (TPSA) is 83.6 Å². The summed E-state index contributed by atoms with van der Waals surface area (Å²) >= 11 is 1.61. The summed E-state index contributed by atoms with van der Waals surface area (Å²) < 4.78 is 0. The third kappa shape index (κ3) is 3.81. The highest BCUT2D eigenvalue weighted by Gasteiger charge is 2.25. The van der Waals surface area contributed by atoms with E-state index in [1.165, 1.54) is 5.56 Å². The Morgan fingerprint density at radius 3 is 2.74 bits per heavy atom. The van der Waals surface area contributed by atoms with Gasteiger partial charge >= 0.3 is 0 Å². The molecule has 1 unspecified atom stereocenters. The van der Waals surface area contributed by atoms with Crippen LogP contribution < -0.4 is 5.32 Å². The molecule has 0 spiro atoms. The number of tetrazole rings is 1. The molecule has 0 aliphatic rings. The number of benzene rings is 1. The van der Waals surface area contributed by atoms with Gasteiger partial charge in [-0.1, -0.05) is 30.3 Å². The van der Waals surface area contributed by atoms with Gasteiger partial charge in [-0.05, 0) is 35.6 Å². The zero-order chi connectivity index (χ0) is 16.1. The summed E-state index contributed by atoms with van der Waals surface area (Å²) in [7, 11) is 0. The second kappa shape index (κ2) is 7.15. The fourth-order valence-corrected chi connectivity index (χ4v) is 3.05. The maximum atomic E-state index is 12.7. The molecular weight excluding hydrogens is 310 g/mol. The van der Waals surface area contributed by atoms with Crippen molar-refractivity contribution in [3.63, 3.8) is 0 Å². The van der Waals surface area contributed by atoms with Gasteiger partial charge in [0.25, 0.3) is 0 Å². The summed E-state index contributed by atoms with van der Waals surface area (Å²) in [6, 6.07) is 11.8. The first-order chi connectivity index (χ1) is 11.3. The molecule has 6 nitrogen and oxygen atoms in total. The zero-order valence-corrected chi connectivity index (χ0v) is 13.5. The standard InChI is InChI=1S/C16H17N5OS/c1-2-11-5-7-12(8-6-11)17-16(22)14(15-18-20-21-19-15)10-13-4-3-9-23-13/h3-9,14H,2,10H2,1H3,(H,17,22)(H,18,19,20,21). The van der Waals surface area contributed by atoms with Crippen LogP contribution in [0, 0.1) is 0 Å². The molecule has 3 rings (SSSR count). The third-order valence-electron chi connectivity index (χ3n) is 3.61. The smallest absolute Gasteiger partial charge is 0.235 e. The van der Waals surface area contributed by atoms with Crippen LogP contribution in [0.1, 0.15) is 29.1 Å². The van der Waals surface area contributed by atoms with Crippen LogP contribution in [0.25, 0.3) is 0 Å². The number of aromatic amines is 1. The molecule has 23 heavy (non-hydrogen) atoms. The summed E-state index contributed by atoms with van der Waals surface area (Å²) in [4.78, 5) is 13.8. The lowest BCUT2D eigenvalue weighted by Gasteiger charge is -2.13. The number of nitrogens with zero attached hydrogens (tertiary/aromatic N) is 3. The van der Waals surface area contributed by atoms with Crippen molar-refractivity contribution in [3.05, 3.63) is 58.0 Å². The lowest BCUT2D eigenvalue weighted by atomic mass is 10.0.